The number of ether oxygens (including phenoxy) is 2. The van der Waals surface area contributed by atoms with E-state index in [1.54, 1.807) is 0 Å². The molecule has 0 bridgehead atoms. The number of hydrogen-bond donors (Lipinski definition) is 1. The van der Waals surface area contributed by atoms with Crippen LogP contribution in [0.1, 0.15) is 11.7 Å². The van der Waals surface area contributed by atoms with Gasteiger partial charge in [0.05, 0.1) is 14.2 Å². The maximum Gasteiger partial charge on any atom is 0.456 e. The number of rotatable bonds is 4. The molecule has 0 heterocycles. The quantitative estimate of drug-likeness (QED) is 0.828. The minimum absolute atomic E-state index is 0.0808. The maximum absolute atomic E-state index is 13.1. The second-order valence-electron chi connectivity index (χ2n) is 3.75. The van der Waals surface area contributed by atoms with Crippen LogP contribution in [0.15, 0.2) is 16.6 Å². The second kappa shape index (κ2) is 5.72. The van der Waals surface area contributed by atoms with Gasteiger partial charge in [-0.25, -0.2) is 0 Å². The van der Waals surface area contributed by atoms with Gasteiger partial charge in [0.15, 0.2) is 17.6 Å². The molecular formula is C11H10BrF5O3. The van der Waals surface area contributed by atoms with Crippen LogP contribution in [-0.2, 0) is 0 Å². The molecule has 0 aromatic heterocycles. The molecule has 1 rings (SSSR count). The highest BCUT2D eigenvalue weighted by Crippen LogP contribution is 2.47. The first-order valence-corrected chi connectivity index (χ1v) is 5.89. The summed E-state index contributed by atoms with van der Waals surface area (Å²) in [5.74, 6) is -5.26. The Morgan fingerprint density at radius 1 is 1.05 bits per heavy atom. The summed E-state index contributed by atoms with van der Waals surface area (Å²) in [6.07, 6.45) is -8.95. The molecule has 1 N–H and O–H groups in total. The van der Waals surface area contributed by atoms with Crippen LogP contribution in [0.3, 0.4) is 0 Å². The summed E-state index contributed by atoms with van der Waals surface area (Å²) < 4.78 is 72.5. The maximum atomic E-state index is 13.1. The molecule has 3 nitrogen and oxygen atoms in total. The molecule has 1 aromatic carbocycles. The van der Waals surface area contributed by atoms with Crippen LogP contribution in [0.2, 0.25) is 0 Å². The number of alkyl halides is 5. The molecule has 0 aliphatic carbocycles. The molecular weight excluding hydrogens is 355 g/mol. The Morgan fingerprint density at radius 3 is 1.90 bits per heavy atom. The van der Waals surface area contributed by atoms with Gasteiger partial charge in [-0.2, -0.15) is 22.0 Å². The SMILES string of the molecule is COc1cc(Br)c(C(O)C(F)(F)C(F)(F)F)cc1OC. The minimum Gasteiger partial charge on any atom is -0.493 e. The van der Waals surface area contributed by atoms with Crippen molar-refractivity contribution in [3.8, 4) is 11.5 Å². The summed E-state index contributed by atoms with van der Waals surface area (Å²) in [6.45, 7) is 0. The van der Waals surface area contributed by atoms with Crippen molar-refractivity contribution in [1.29, 1.82) is 0 Å². The first-order valence-electron chi connectivity index (χ1n) is 5.10. The van der Waals surface area contributed by atoms with E-state index in [1.165, 1.54) is 14.2 Å². The molecule has 1 atom stereocenters. The molecule has 114 valence electrons. The summed E-state index contributed by atoms with van der Waals surface area (Å²) in [5, 5.41) is 9.35. The fourth-order valence-electron chi connectivity index (χ4n) is 1.43. The molecule has 0 fully saturated rings. The molecule has 0 amide bonds. The van der Waals surface area contributed by atoms with E-state index >= 15 is 0 Å². The number of methoxy groups -OCH3 is 2. The molecule has 0 saturated heterocycles. The van der Waals surface area contributed by atoms with E-state index in [4.69, 9.17) is 9.47 Å². The van der Waals surface area contributed by atoms with E-state index in [0.717, 1.165) is 12.1 Å². The van der Waals surface area contributed by atoms with Gasteiger partial charge < -0.3 is 14.6 Å². The third-order valence-corrected chi connectivity index (χ3v) is 3.21. The average Bonchev–Trinajstić information content (AvgIpc) is 2.36. The van der Waals surface area contributed by atoms with Crippen molar-refractivity contribution in [2.75, 3.05) is 14.2 Å². The van der Waals surface area contributed by atoms with Crippen molar-refractivity contribution in [2.45, 2.75) is 18.2 Å². The zero-order valence-electron chi connectivity index (χ0n) is 10.3. The Morgan fingerprint density at radius 2 is 1.50 bits per heavy atom. The predicted octanol–water partition coefficient (Wildman–Crippen LogP) is 3.70. The van der Waals surface area contributed by atoms with Gasteiger partial charge in [-0.3, -0.25) is 0 Å². The monoisotopic (exact) mass is 364 g/mol. The zero-order chi connectivity index (χ0) is 15.7. The Labute approximate surface area is 119 Å². The van der Waals surface area contributed by atoms with Crippen molar-refractivity contribution in [3.05, 3.63) is 22.2 Å². The Balaban J connectivity index is 3.33. The lowest BCUT2D eigenvalue weighted by atomic mass is 10.0. The molecule has 1 aromatic rings. The van der Waals surface area contributed by atoms with Gasteiger partial charge >= 0.3 is 12.1 Å². The van der Waals surface area contributed by atoms with Crippen LogP contribution in [0, 0.1) is 0 Å². The fourth-order valence-corrected chi connectivity index (χ4v) is 1.97. The second-order valence-corrected chi connectivity index (χ2v) is 4.61. The number of hydrogen-bond acceptors (Lipinski definition) is 3. The van der Waals surface area contributed by atoms with E-state index in [2.05, 4.69) is 15.9 Å². The van der Waals surface area contributed by atoms with E-state index in [-0.39, 0.29) is 16.0 Å². The fraction of sp³-hybridized carbons (Fsp3) is 0.455. The highest BCUT2D eigenvalue weighted by molar-refractivity contribution is 9.10. The van der Waals surface area contributed by atoms with Crippen molar-refractivity contribution in [1.82, 2.24) is 0 Å². The number of aliphatic hydroxyl groups is 1. The standard InChI is InChI=1S/C11H10BrF5O3/c1-19-7-3-5(6(12)4-8(7)20-2)9(18)10(13,14)11(15,16)17/h3-4,9,18H,1-2H3. The first kappa shape index (κ1) is 17.0. The molecule has 20 heavy (non-hydrogen) atoms. The Hall–Kier alpha value is -1.09. The van der Waals surface area contributed by atoms with Crippen LogP contribution >= 0.6 is 15.9 Å². The molecule has 0 aliphatic rings. The number of aliphatic hydroxyl groups excluding tert-OH is 1. The van der Waals surface area contributed by atoms with Gasteiger partial charge in [0, 0.05) is 10.0 Å². The van der Waals surface area contributed by atoms with Gasteiger partial charge in [0.1, 0.15) is 0 Å². The summed E-state index contributed by atoms with van der Waals surface area (Å²) in [6, 6.07) is 1.98. The molecule has 0 saturated carbocycles. The van der Waals surface area contributed by atoms with E-state index in [1.807, 2.05) is 0 Å². The molecule has 0 spiro atoms. The van der Waals surface area contributed by atoms with Crippen LogP contribution in [0.4, 0.5) is 22.0 Å². The topological polar surface area (TPSA) is 38.7 Å². The van der Waals surface area contributed by atoms with Gasteiger partial charge in [0.25, 0.3) is 0 Å². The van der Waals surface area contributed by atoms with E-state index in [9.17, 15) is 27.1 Å². The Kier molecular flexibility index (Phi) is 4.86. The lowest BCUT2D eigenvalue weighted by molar-refractivity contribution is -0.315. The zero-order valence-corrected chi connectivity index (χ0v) is 11.8. The van der Waals surface area contributed by atoms with E-state index < -0.39 is 23.8 Å². The van der Waals surface area contributed by atoms with Crippen molar-refractivity contribution >= 4 is 15.9 Å². The van der Waals surface area contributed by atoms with Crippen LogP contribution < -0.4 is 9.47 Å². The Bertz CT molecular complexity index is 490. The van der Waals surface area contributed by atoms with Crippen LogP contribution in [0.25, 0.3) is 0 Å². The third kappa shape index (κ3) is 2.98. The highest BCUT2D eigenvalue weighted by Gasteiger charge is 2.63. The highest BCUT2D eigenvalue weighted by atomic mass is 79.9. The minimum atomic E-state index is -5.88. The normalized spacial score (nSPS) is 14.1. The number of halogens is 6. The van der Waals surface area contributed by atoms with Gasteiger partial charge in [-0.05, 0) is 12.1 Å². The van der Waals surface area contributed by atoms with Gasteiger partial charge in [-0.1, -0.05) is 15.9 Å². The first-order chi connectivity index (χ1) is 9.06. The number of benzene rings is 1. The van der Waals surface area contributed by atoms with Gasteiger partial charge in [-0.15, -0.1) is 0 Å². The molecule has 9 heteroatoms. The van der Waals surface area contributed by atoms with E-state index in [0.29, 0.717) is 0 Å². The predicted molar refractivity (Wildman–Crippen MR) is 63.2 cm³/mol. The summed E-state index contributed by atoms with van der Waals surface area (Å²) in [5.41, 5.74) is -0.662. The third-order valence-electron chi connectivity index (χ3n) is 2.52. The summed E-state index contributed by atoms with van der Waals surface area (Å²) in [4.78, 5) is 0. The summed E-state index contributed by atoms with van der Waals surface area (Å²) >= 11 is 2.81. The van der Waals surface area contributed by atoms with Crippen molar-refractivity contribution < 1.29 is 36.5 Å². The lowest BCUT2D eigenvalue weighted by Crippen LogP contribution is -2.42. The largest absolute Gasteiger partial charge is 0.493 e. The lowest BCUT2D eigenvalue weighted by Gasteiger charge is -2.26. The van der Waals surface area contributed by atoms with Crippen molar-refractivity contribution in [2.24, 2.45) is 0 Å². The van der Waals surface area contributed by atoms with Gasteiger partial charge in [0.2, 0.25) is 0 Å². The molecule has 1 unspecified atom stereocenters. The molecule has 0 aliphatic heterocycles. The van der Waals surface area contributed by atoms with Crippen LogP contribution in [-0.4, -0.2) is 31.4 Å². The molecule has 0 radical (unpaired) electrons. The summed E-state index contributed by atoms with van der Waals surface area (Å²) in [7, 11) is 2.45. The smallest absolute Gasteiger partial charge is 0.456 e. The average molecular weight is 365 g/mol. The van der Waals surface area contributed by atoms with Crippen LogP contribution in [0.5, 0.6) is 11.5 Å². The van der Waals surface area contributed by atoms with Crippen molar-refractivity contribution in [3.63, 3.8) is 0 Å².